The normalized spacial score (nSPS) is 26.7. The highest BCUT2D eigenvalue weighted by molar-refractivity contribution is 8.03. The minimum absolute atomic E-state index is 0.0203. The quantitative estimate of drug-likeness (QED) is 0.118. The minimum atomic E-state index is -1.19. The molecule has 43 heavy (non-hydrogen) atoms. The van der Waals surface area contributed by atoms with E-state index in [1.54, 1.807) is 19.1 Å². The number of non-ortho nitro benzene ring substituents is 1. The van der Waals surface area contributed by atoms with Crippen molar-refractivity contribution in [3.63, 3.8) is 0 Å². The van der Waals surface area contributed by atoms with Crippen LogP contribution >= 0.6 is 23.5 Å². The lowest BCUT2D eigenvalue weighted by Gasteiger charge is -2.46. The number of carboxylic acids is 1. The van der Waals surface area contributed by atoms with Crippen molar-refractivity contribution in [1.82, 2.24) is 14.9 Å². The monoisotopic (exact) mass is 638 g/mol. The SMILES string of the molecule is CCSC(C(=O)N(O)CC)[C@@H]1C[C@H](SC2=C(C(=O)O)N3C(=O)[C@H]([C@@H](C)O)[C@H]3[C@H]2C)CN1COCc1ccc([N+](=O)[O-])cc1. The average Bonchev–Trinajstić information content (AvgIpc) is 3.47. The van der Waals surface area contributed by atoms with Crippen LogP contribution in [0.4, 0.5) is 5.69 Å². The number of likely N-dealkylation sites (tertiary alicyclic amines) is 1. The second kappa shape index (κ2) is 13.9. The molecule has 3 N–H and O–H groups in total. The molecule has 2 amide bonds. The number of nitro benzene ring substituents is 1. The Morgan fingerprint density at radius 2 is 1.93 bits per heavy atom. The second-order valence-electron chi connectivity index (χ2n) is 10.9. The summed E-state index contributed by atoms with van der Waals surface area (Å²) in [6.45, 7) is 7.94. The molecule has 15 heteroatoms. The maximum Gasteiger partial charge on any atom is 0.353 e. The average molecular weight is 639 g/mol. The number of fused-ring (bicyclic) bond motifs is 1. The van der Waals surface area contributed by atoms with Gasteiger partial charge in [-0.15, -0.1) is 23.5 Å². The Balaban J connectivity index is 1.54. The zero-order valence-corrected chi connectivity index (χ0v) is 26.1. The zero-order chi connectivity index (χ0) is 31.6. The van der Waals surface area contributed by atoms with E-state index >= 15 is 0 Å². The van der Waals surface area contributed by atoms with Crippen LogP contribution in [0.2, 0.25) is 0 Å². The number of thioether (sulfide) groups is 2. The summed E-state index contributed by atoms with van der Waals surface area (Å²) in [5.74, 6) is -2.31. The van der Waals surface area contributed by atoms with Gasteiger partial charge in [-0.05, 0) is 43.7 Å². The molecule has 0 saturated carbocycles. The van der Waals surface area contributed by atoms with E-state index in [9.17, 15) is 39.9 Å². The van der Waals surface area contributed by atoms with Crippen molar-refractivity contribution in [2.75, 3.05) is 25.6 Å². The maximum atomic E-state index is 13.2. The number of carboxylic acid groups (broad SMARTS) is 1. The van der Waals surface area contributed by atoms with E-state index in [4.69, 9.17) is 4.74 Å². The lowest BCUT2D eigenvalue weighted by atomic mass is 9.79. The largest absolute Gasteiger partial charge is 0.477 e. The number of carbonyl (C=O) groups is 3. The van der Waals surface area contributed by atoms with Crippen LogP contribution in [-0.4, -0.2) is 107 Å². The molecule has 3 heterocycles. The summed E-state index contributed by atoms with van der Waals surface area (Å²) < 4.78 is 5.99. The number of hydrogen-bond donors (Lipinski definition) is 3. The number of β-lactam (4-membered cyclic amide) rings is 1. The van der Waals surface area contributed by atoms with Crippen molar-refractivity contribution >= 4 is 47.0 Å². The standard InChI is InChI=1S/C28H38N4O9S2/c1-5-30(38)27(35)25(42-6-2)20-11-19(12-29(20)14-41-13-17-7-9-18(10-8-17)32(39)40)43-24-15(3)22-21(16(4)33)26(34)31(22)23(24)28(36)37/h7-10,15-16,19-22,25,33,38H,5-6,11-14H2,1-4H3,(H,36,37)/t15-,16-,19+,20+,21-,22-,25?/m1/s1. The van der Waals surface area contributed by atoms with Crippen molar-refractivity contribution in [3.8, 4) is 0 Å². The summed E-state index contributed by atoms with van der Waals surface area (Å²) in [6.07, 6.45) is -0.388. The van der Waals surface area contributed by atoms with Crippen LogP contribution in [0.3, 0.4) is 0 Å². The zero-order valence-electron chi connectivity index (χ0n) is 24.5. The van der Waals surface area contributed by atoms with Gasteiger partial charge in [0.25, 0.3) is 11.6 Å². The molecule has 236 valence electrons. The summed E-state index contributed by atoms with van der Waals surface area (Å²) in [7, 11) is 0. The molecule has 3 aliphatic heterocycles. The number of benzene rings is 1. The molecule has 0 spiro atoms. The van der Waals surface area contributed by atoms with Crippen LogP contribution in [0.1, 0.15) is 39.7 Å². The van der Waals surface area contributed by atoms with Gasteiger partial charge in [0.2, 0.25) is 5.91 Å². The van der Waals surface area contributed by atoms with Gasteiger partial charge in [0, 0.05) is 47.3 Å². The van der Waals surface area contributed by atoms with Crippen LogP contribution in [-0.2, 0) is 25.7 Å². The number of ether oxygens (including phenoxy) is 1. The number of nitrogens with zero attached hydrogens (tertiary/aromatic N) is 4. The van der Waals surface area contributed by atoms with Crippen LogP contribution in [0, 0.1) is 22.0 Å². The number of aliphatic hydroxyl groups is 1. The summed E-state index contributed by atoms with van der Waals surface area (Å²) in [6, 6.07) is 5.30. The van der Waals surface area contributed by atoms with Crippen LogP contribution in [0.15, 0.2) is 34.9 Å². The van der Waals surface area contributed by atoms with E-state index < -0.39 is 46.0 Å². The predicted molar refractivity (Wildman–Crippen MR) is 160 cm³/mol. The molecule has 4 rings (SSSR count). The fraction of sp³-hybridized carbons (Fsp3) is 0.607. The molecule has 2 fully saturated rings. The van der Waals surface area contributed by atoms with Gasteiger partial charge in [-0.2, -0.15) is 0 Å². The molecule has 1 aromatic rings. The number of hydroxylamine groups is 2. The number of aliphatic carboxylic acids is 1. The topological polar surface area (TPSA) is 174 Å². The molecule has 13 nitrogen and oxygen atoms in total. The summed E-state index contributed by atoms with van der Waals surface area (Å²) in [5, 5.41) is 41.4. The first-order valence-electron chi connectivity index (χ1n) is 14.2. The molecule has 0 radical (unpaired) electrons. The van der Waals surface area contributed by atoms with Crippen molar-refractivity contribution in [3.05, 3.63) is 50.5 Å². The van der Waals surface area contributed by atoms with E-state index in [-0.39, 0.29) is 48.5 Å². The van der Waals surface area contributed by atoms with E-state index in [1.807, 2.05) is 18.7 Å². The molecule has 0 aromatic heterocycles. The third-order valence-corrected chi connectivity index (χ3v) is 10.9. The molecule has 1 aromatic carbocycles. The fourth-order valence-corrected chi connectivity index (χ4v) is 8.82. The van der Waals surface area contributed by atoms with E-state index in [0.717, 1.165) is 5.56 Å². The predicted octanol–water partition coefficient (Wildman–Crippen LogP) is 2.76. The molecular formula is C28H38N4O9S2. The van der Waals surface area contributed by atoms with Crippen molar-refractivity contribution in [2.45, 2.75) is 69.4 Å². The molecule has 0 aliphatic carbocycles. The highest BCUT2D eigenvalue weighted by atomic mass is 32.2. The molecule has 3 aliphatic rings. The Hall–Kier alpha value is -2.69. The van der Waals surface area contributed by atoms with Gasteiger partial charge in [-0.3, -0.25) is 29.8 Å². The summed E-state index contributed by atoms with van der Waals surface area (Å²) in [4.78, 5) is 52.7. The molecular weight excluding hydrogens is 600 g/mol. The minimum Gasteiger partial charge on any atom is -0.477 e. The first-order chi connectivity index (χ1) is 20.4. The van der Waals surface area contributed by atoms with Gasteiger partial charge in [-0.25, -0.2) is 9.86 Å². The van der Waals surface area contributed by atoms with Crippen LogP contribution < -0.4 is 0 Å². The van der Waals surface area contributed by atoms with Gasteiger partial charge in [-0.1, -0.05) is 13.8 Å². The Morgan fingerprint density at radius 3 is 2.49 bits per heavy atom. The molecule has 0 bridgehead atoms. The summed E-state index contributed by atoms with van der Waals surface area (Å²) >= 11 is 2.81. The Labute approximate surface area is 258 Å². The van der Waals surface area contributed by atoms with E-state index in [0.29, 0.717) is 28.7 Å². The van der Waals surface area contributed by atoms with Crippen LogP contribution in [0.5, 0.6) is 0 Å². The molecule has 1 unspecified atom stereocenters. The van der Waals surface area contributed by atoms with E-state index in [2.05, 4.69) is 0 Å². The number of amides is 2. The lowest BCUT2D eigenvalue weighted by Crippen LogP contribution is -2.63. The van der Waals surface area contributed by atoms with Crippen molar-refractivity contribution < 1.29 is 39.5 Å². The Bertz CT molecular complexity index is 1260. The first-order valence-corrected chi connectivity index (χ1v) is 16.2. The third-order valence-electron chi connectivity index (χ3n) is 8.18. The number of rotatable bonds is 14. The smallest absolute Gasteiger partial charge is 0.353 e. The fourth-order valence-electron chi connectivity index (χ4n) is 6.12. The Morgan fingerprint density at radius 1 is 1.26 bits per heavy atom. The van der Waals surface area contributed by atoms with Gasteiger partial charge >= 0.3 is 5.97 Å². The molecule has 7 atom stereocenters. The third kappa shape index (κ3) is 6.71. The number of hydrogen-bond acceptors (Lipinski definition) is 11. The van der Waals surface area contributed by atoms with Gasteiger partial charge in [0.1, 0.15) is 10.9 Å². The Kier molecular flexibility index (Phi) is 10.8. The van der Waals surface area contributed by atoms with E-state index in [1.165, 1.54) is 47.5 Å². The second-order valence-corrected chi connectivity index (χ2v) is 13.7. The number of aliphatic hydroxyl groups excluding tert-OH is 1. The highest BCUT2D eigenvalue weighted by Gasteiger charge is 2.60. The van der Waals surface area contributed by atoms with Gasteiger partial charge in [0.15, 0.2) is 0 Å². The van der Waals surface area contributed by atoms with Gasteiger partial charge in [0.05, 0.1) is 36.3 Å². The maximum absolute atomic E-state index is 13.2. The van der Waals surface area contributed by atoms with Crippen molar-refractivity contribution in [1.29, 1.82) is 0 Å². The number of nitro groups is 1. The lowest BCUT2D eigenvalue weighted by molar-refractivity contribution is -0.384. The summed E-state index contributed by atoms with van der Waals surface area (Å²) in [5.41, 5.74) is 0.679. The van der Waals surface area contributed by atoms with Gasteiger partial charge < -0.3 is 19.8 Å². The highest BCUT2D eigenvalue weighted by Crippen LogP contribution is 2.52. The number of carbonyl (C=O) groups excluding carboxylic acids is 2. The first kappa shape index (κ1) is 33.2. The van der Waals surface area contributed by atoms with Crippen molar-refractivity contribution in [2.24, 2.45) is 11.8 Å². The van der Waals surface area contributed by atoms with Crippen LogP contribution in [0.25, 0.3) is 0 Å². The molecule has 2 saturated heterocycles.